The summed E-state index contributed by atoms with van der Waals surface area (Å²) in [7, 11) is 0. The number of pyridine rings is 1. The molecule has 0 aliphatic heterocycles. The van der Waals surface area contributed by atoms with Crippen LogP contribution in [0.5, 0.6) is 5.88 Å². The second kappa shape index (κ2) is 12.2. The lowest BCUT2D eigenvalue weighted by molar-refractivity contribution is -0.142. The third-order valence-electron chi connectivity index (χ3n) is 6.17. The van der Waals surface area contributed by atoms with Gasteiger partial charge in [-0.25, -0.2) is 9.97 Å². The number of aryl methyl sites for hydroxylation is 1. The standard InChI is InChI=1S/C31H30N4O4/c1-3-37-29(36)18-26-21-35(34-30(26)24-10-6-4-7-11-24)20-23-14-15-28(32-19-23)38-17-16-27-22(2)39-31(33-27)25-12-8-5-9-13-25/h4-15,19,21H,3,16-18,20H2,1-2H3. The second-order valence-electron chi connectivity index (χ2n) is 9.04. The van der Waals surface area contributed by atoms with Crippen molar-refractivity contribution < 1.29 is 18.7 Å². The van der Waals surface area contributed by atoms with Gasteiger partial charge in [0.1, 0.15) is 5.76 Å². The van der Waals surface area contributed by atoms with Crippen molar-refractivity contribution in [2.75, 3.05) is 13.2 Å². The summed E-state index contributed by atoms with van der Waals surface area (Å²) in [5, 5.41) is 4.76. The Bertz CT molecular complexity index is 1510. The first-order chi connectivity index (χ1) is 19.1. The van der Waals surface area contributed by atoms with Gasteiger partial charge in [-0.3, -0.25) is 9.48 Å². The molecule has 0 aliphatic carbocycles. The van der Waals surface area contributed by atoms with Gasteiger partial charge in [0.05, 0.1) is 37.6 Å². The largest absolute Gasteiger partial charge is 0.477 e. The Kier molecular flexibility index (Phi) is 8.12. The third-order valence-corrected chi connectivity index (χ3v) is 6.17. The molecule has 5 rings (SSSR count). The Morgan fingerprint density at radius 1 is 0.974 bits per heavy atom. The fourth-order valence-corrected chi connectivity index (χ4v) is 4.27. The summed E-state index contributed by atoms with van der Waals surface area (Å²) in [5.74, 6) is 1.67. The molecule has 0 unspecified atom stereocenters. The highest BCUT2D eigenvalue weighted by Gasteiger charge is 2.16. The van der Waals surface area contributed by atoms with Crippen molar-refractivity contribution in [3.63, 3.8) is 0 Å². The van der Waals surface area contributed by atoms with Crippen LogP contribution in [-0.2, 0) is 28.9 Å². The number of hydrogen-bond acceptors (Lipinski definition) is 7. The van der Waals surface area contributed by atoms with Gasteiger partial charge in [-0.15, -0.1) is 0 Å². The Labute approximate surface area is 227 Å². The Hall–Kier alpha value is -4.72. The smallest absolute Gasteiger partial charge is 0.310 e. The minimum absolute atomic E-state index is 0.168. The van der Waals surface area contributed by atoms with Crippen LogP contribution in [0.3, 0.4) is 0 Å². The fourth-order valence-electron chi connectivity index (χ4n) is 4.27. The number of nitrogens with zero attached hydrogens (tertiary/aromatic N) is 4. The number of carbonyl (C=O) groups excluding carboxylic acids is 1. The summed E-state index contributed by atoms with van der Waals surface area (Å²) in [6, 6.07) is 23.5. The van der Waals surface area contributed by atoms with Crippen LogP contribution in [0.1, 0.15) is 29.5 Å². The molecule has 0 radical (unpaired) electrons. The van der Waals surface area contributed by atoms with E-state index in [9.17, 15) is 4.79 Å². The van der Waals surface area contributed by atoms with Crippen LogP contribution in [0, 0.1) is 6.92 Å². The van der Waals surface area contributed by atoms with E-state index in [0.717, 1.165) is 39.4 Å². The molecule has 0 fully saturated rings. The van der Waals surface area contributed by atoms with Gasteiger partial charge < -0.3 is 13.9 Å². The van der Waals surface area contributed by atoms with Crippen LogP contribution < -0.4 is 4.74 Å². The molecule has 39 heavy (non-hydrogen) atoms. The summed E-state index contributed by atoms with van der Waals surface area (Å²) in [6.45, 7) is 5.01. The minimum Gasteiger partial charge on any atom is -0.477 e. The van der Waals surface area contributed by atoms with Crippen LogP contribution >= 0.6 is 0 Å². The maximum atomic E-state index is 12.2. The average molecular weight is 523 g/mol. The van der Waals surface area contributed by atoms with E-state index in [1.165, 1.54) is 0 Å². The molecule has 5 aromatic rings. The molecule has 3 heterocycles. The first kappa shape index (κ1) is 25.9. The van der Waals surface area contributed by atoms with E-state index in [4.69, 9.17) is 19.0 Å². The average Bonchev–Trinajstić information content (AvgIpc) is 3.53. The third kappa shape index (κ3) is 6.59. The molecular formula is C31H30N4O4. The summed E-state index contributed by atoms with van der Waals surface area (Å²) in [5.41, 5.74) is 5.34. The minimum atomic E-state index is -0.269. The van der Waals surface area contributed by atoms with Gasteiger partial charge >= 0.3 is 5.97 Å². The quantitative estimate of drug-likeness (QED) is 0.206. The summed E-state index contributed by atoms with van der Waals surface area (Å²) in [6.07, 6.45) is 4.46. The molecule has 0 aliphatic rings. The highest BCUT2D eigenvalue weighted by Crippen LogP contribution is 2.24. The van der Waals surface area contributed by atoms with E-state index in [1.54, 1.807) is 13.1 Å². The van der Waals surface area contributed by atoms with Gasteiger partial charge in [-0.05, 0) is 31.5 Å². The van der Waals surface area contributed by atoms with Crippen molar-refractivity contribution in [3.05, 3.63) is 108 Å². The van der Waals surface area contributed by atoms with Crippen molar-refractivity contribution in [1.82, 2.24) is 19.7 Å². The monoisotopic (exact) mass is 522 g/mol. The van der Waals surface area contributed by atoms with Crippen molar-refractivity contribution >= 4 is 5.97 Å². The van der Waals surface area contributed by atoms with E-state index in [2.05, 4.69) is 9.97 Å². The fraction of sp³-hybridized carbons (Fsp3) is 0.226. The van der Waals surface area contributed by atoms with Gasteiger partial charge in [0.2, 0.25) is 11.8 Å². The van der Waals surface area contributed by atoms with E-state index in [0.29, 0.717) is 38.0 Å². The number of oxazole rings is 1. The van der Waals surface area contributed by atoms with E-state index < -0.39 is 0 Å². The van der Waals surface area contributed by atoms with E-state index in [-0.39, 0.29) is 12.4 Å². The number of hydrogen-bond donors (Lipinski definition) is 0. The predicted octanol–water partition coefficient (Wildman–Crippen LogP) is 5.68. The molecule has 0 atom stereocenters. The molecule has 0 saturated carbocycles. The zero-order chi connectivity index (χ0) is 27.0. The summed E-state index contributed by atoms with van der Waals surface area (Å²) >= 11 is 0. The second-order valence-corrected chi connectivity index (χ2v) is 9.04. The maximum absolute atomic E-state index is 12.2. The normalized spacial score (nSPS) is 10.9. The molecule has 8 heteroatoms. The summed E-state index contributed by atoms with van der Waals surface area (Å²) in [4.78, 5) is 21.3. The molecule has 3 aromatic heterocycles. The number of carbonyl (C=O) groups is 1. The van der Waals surface area contributed by atoms with Crippen molar-refractivity contribution in [2.24, 2.45) is 0 Å². The molecule has 2 aromatic carbocycles. The van der Waals surface area contributed by atoms with Crippen LogP contribution in [0.15, 0.2) is 89.6 Å². The Balaban J connectivity index is 1.21. The number of rotatable bonds is 11. The Morgan fingerprint density at radius 3 is 2.41 bits per heavy atom. The van der Waals surface area contributed by atoms with Gasteiger partial charge in [-0.2, -0.15) is 5.10 Å². The molecule has 0 N–H and O–H groups in total. The van der Waals surface area contributed by atoms with Gasteiger partial charge in [0, 0.05) is 41.6 Å². The lowest BCUT2D eigenvalue weighted by atomic mass is 10.1. The van der Waals surface area contributed by atoms with Crippen LogP contribution in [-0.4, -0.2) is 38.9 Å². The molecule has 198 valence electrons. The molecule has 8 nitrogen and oxygen atoms in total. The van der Waals surface area contributed by atoms with Crippen LogP contribution in [0.25, 0.3) is 22.7 Å². The zero-order valence-electron chi connectivity index (χ0n) is 22.0. The lowest BCUT2D eigenvalue weighted by Gasteiger charge is -2.06. The van der Waals surface area contributed by atoms with Crippen LogP contribution in [0.2, 0.25) is 0 Å². The number of aromatic nitrogens is 4. The molecule has 0 saturated heterocycles. The number of esters is 1. The lowest BCUT2D eigenvalue weighted by Crippen LogP contribution is -2.07. The van der Waals surface area contributed by atoms with E-state index >= 15 is 0 Å². The Morgan fingerprint density at radius 2 is 1.72 bits per heavy atom. The summed E-state index contributed by atoms with van der Waals surface area (Å²) < 4.78 is 18.7. The van der Waals surface area contributed by atoms with Crippen molar-refractivity contribution in [3.8, 4) is 28.6 Å². The molecule has 0 amide bonds. The zero-order valence-corrected chi connectivity index (χ0v) is 22.0. The van der Waals surface area contributed by atoms with Crippen LogP contribution in [0.4, 0.5) is 0 Å². The molecule has 0 bridgehead atoms. The van der Waals surface area contributed by atoms with E-state index in [1.807, 2.05) is 90.6 Å². The topological polar surface area (TPSA) is 92.3 Å². The first-order valence-electron chi connectivity index (χ1n) is 13.0. The van der Waals surface area contributed by atoms with Crippen molar-refractivity contribution in [2.45, 2.75) is 33.2 Å². The SMILES string of the molecule is CCOC(=O)Cc1cn(Cc2ccc(OCCc3nc(-c4ccccc4)oc3C)nc2)nc1-c1ccccc1. The number of ether oxygens (including phenoxy) is 2. The number of benzene rings is 2. The molecule has 0 spiro atoms. The first-order valence-corrected chi connectivity index (χ1v) is 13.0. The van der Waals surface area contributed by atoms with Crippen molar-refractivity contribution in [1.29, 1.82) is 0 Å². The maximum Gasteiger partial charge on any atom is 0.310 e. The predicted molar refractivity (Wildman–Crippen MR) is 147 cm³/mol. The van der Waals surface area contributed by atoms with Gasteiger partial charge in [0.25, 0.3) is 0 Å². The highest BCUT2D eigenvalue weighted by atomic mass is 16.5. The molecular weight excluding hydrogens is 492 g/mol. The highest BCUT2D eigenvalue weighted by molar-refractivity contribution is 5.76. The van der Waals surface area contributed by atoms with Gasteiger partial charge in [-0.1, -0.05) is 54.6 Å². The van der Waals surface area contributed by atoms with Gasteiger partial charge in [0.15, 0.2) is 0 Å².